The Kier molecular flexibility index (Phi) is 8.06. The maximum atomic E-state index is 11.9. The van der Waals surface area contributed by atoms with Crippen LogP contribution in [0.5, 0.6) is 0 Å². The van der Waals surface area contributed by atoms with Crippen LogP contribution in [0.3, 0.4) is 0 Å². The highest BCUT2D eigenvalue weighted by Crippen LogP contribution is 2.17. The lowest BCUT2D eigenvalue weighted by molar-refractivity contribution is -0.126. The summed E-state index contributed by atoms with van der Waals surface area (Å²) in [7, 11) is 0. The average Bonchev–Trinajstić information content (AvgIpc) is 2.41. The van der Waals surface area contributed by atoms with Gasteiger partial charge in [-0.3, -0.25) is 4.79 Å². The zero-order valence-electron chi connectivity index (χ0n) is 12.2. The Morgan fingerprint density at radius 3 is 2.78 bits per heavy atom. The van der Waals surface area contributed by atoms with E-state index in [1.165, 1.54) is 45.2 Å². The molecule has 1 heterocycles. The largest absolute Gasteiger partial charge is 0.356 e. The summed E-state index contributed by atoms with van der Waals surface area (Å²) >= 11 is 0. The summed E-state index contributed by atoms with van der Waals surface area (Å²) in [6.07, 6.45) is 8.53. The third-order valence-electron chi connectivity index (χ3n) is 3.75. The molecule has 0 spiro atoms. The van der Waals surface area contributed by atoms with Gasteiger partial charge >= 0.3 is 0 Å². The molecule has 0 aromatic rings. The molecule has 18 heavy (non-hydrogen) atoms. The van der Waals surface area contributed by atoms with Gasteiger partial charge in [-0.15, -0.1) is 0 Å². The Labute approximate surface area is 112 Å². The number of hydrogen-bond donors (Lipinski definition) is 1. The molecule has 1 aliphatic heterocycles. The molecule has 0 saturated carbocycles. The summed E-state index contributed by atoms with van der Waals surface area (Å²) in [6.45, 7) is 8.50. The first-order chi connectivity index (χ1) is 8.77. The second-order valence-corrected chi connectivity index (χ2v) is 5.49. The fourth-order valence-corrected chi connectivity index (χ4v) is 2.63. The molecule has 1 fully saturated rings. The first kappa shape index (κ1) is 15.5. The molecule has 1 aliphatic rings. The van der Waals surface area contributed by atoms with Crippen molar-refractivity contribution in [1.82, 2.24) is 10.2 Å². The number of nitrogens with zero attached hydrogens (tertiary/aromatic N) is 1. The van der Waals surface area contributed by atoms with Crippen LogP contribution in [0.25, 0.3) is 0 Å². The first-order valence-electron chi connectivity index (χ1n) is 7.78. The molecule has 1 unspecified atom stereocenters. The minimum Gasteiger partial charge on any atom is -0.356 e. The lowest BCUT2D eigenvalue weighted by Gasteiger charge is -2.32. The molecule has 0 bridgehead atoms. The molecule has 0 aromatic carbocycles. The van der Waals surface area contributed by atoms with Crippen LogP contribution in [0.1, 0.15) is 58.8 Å². The summed E-state index contributed by atoms with van der Waals surface area (Å²) < 4.78 is 0. The zero-order chi connectivity index (χ0) is 13.2. The predicted octanol–water partition coefficient (Wildman–Crippen LogP) is 2.80. The first-order valence-corrected chi connectivity index (χ1v) is 7.78. The fraction of sp³-hybridized carbons (Fsp3) is 0.933. The second kappa shape index (κ2) is 9.37. The van der Waals surface area contributed by atoms with Crippen LogP contribution in [0.15, 0.2) is 0 Å². The van der Waals surface area contributed by atoms with Gasteiger partial charge in [-0.2, -0.15) is 0 Å². The van der Waals surface area contributed by atoms with Gasteiger partial charge in [-0.1, -0.05) is 33.1 Å². The standard InChI is InChI=1S/C15H30N2O/c1-3-5-6-7-11-17-12-8-9-14(13-17)15(18)16-10-4-2/h14H,3-13H2,1-2H3,(H,16,18). The predicted molar refractivity (Wildman–Crippen MR) is 76.6 cm³/mol. The van der Waals surface area contributed by atoms with Crippen molar-refractivity contribution in [2.75, 3.05) is 26.2 Å². The van der Waals surface area contributed by atoms with Gasteiger partial charge in [0.25, 0.3) is 0 Å². The molecule has 1 saturated heterocycles. The number of likely N-dealkylation sites (tertiary alicyclic amines) is 1. The highest BCUT2D eigenvalue weighted by Gasteiger charge is 2.24. The molecule has 0 aromatic heterocycles. The number of amides is 1. The van der Waals surface area contributed by atoms with Crippen LogP contribution in [0.4, 0.5) is 0 Å². The number of carbonyl (C=O) groups is 1. The van der Waals surface area contributed by atoms with E-state index in [9.17, 15) is 4.79 Å². The topological polar surface area (TPSA) is 32.3 Å². The molecule has 0 radical (unpaired) electrons. The van der Waals surface area contributed by atoms with E-state index < -0.39 is 0 Å². The van der Waals surface area contributed by atoms with Crippen molar-refractivity contribution in [3.63, 3.8) is 0 Å². The van der Waals surface area contributed by atoms with E-state index in [-0.39, 0.29) is 11.8 Å². The van der Waals surface area contributed by atoms with Crippen LogP contribution in [0, 0.1) is 5.92 Å². The van der Waals surface area contributed by atoms with Crippen molar-refractivity contribution in [1.29, 1.82) is 0 Å². The number of piperidine rings is 1. The highest BCUT2D eigenvalue weighted by molar-refractivity contribution is 5.78. The highest BCUT2D eigenvalue weighted by atomic mass is 16.1. The molecular weight excluding hydrogens is 224 g/mol. The SMILES string of the molecule is CCCCCCN1CCCC(C(=O)NCCC)C1. The van der Waals surface area contributed by atoms with Crippen molar-refractivity contribution in [2.24, 2.45) is 5.92 Å². The van der Waals surface area contributed by atoms with Crippen molar-refractivity contribution < 1.29 is 4.79 Å². The van der Waals surface area contributed by atoms with Crippen LogP contribution in [-0.4, -0.2) is 37.0 Å². The lowest BCUT2D eigenvalue weighted by atomic mass is 9.97. The molecule has 3 heteroatoms. The summed E-state index contributed by atoms with van der Waals surface area (Å²) in [4.78, 5) is 14.4. The Hall–Kier alpha value is -0.570. The van der Waals surface area contributed by atoms with Gasteiger partial charge in [0.05, 0.1) is 5.92 Å². The zero-order valence-corrected chi connectivity index (χ0v) is 12.2. The van der Waals surface area contributed by atoms with E-state index in [0.29, 0.717) is 0 Å². The van der Waals surface area contributed by atoms with E-state index in [1.54, 1.807) is 0 Å². The molecule has 1 rings (SSSR count). The number of rotatable bonds is 8. The van der Waals surface area contributed by atoms with Crippen molar-refractivity contribution >= 4 is 5.91 Å². The van der Waals surface area contributed by atoms with Crippen LogP contribution in [0.2, 0.25) is 0 Å². The molecule has 1 N–H and O–H groups in total. The Morgan fingerprint density at radius 2 is 2.06 bits per heavy atom. The van der Waals surface area contributed by atoms with E-state index in [0.717, 1.165) is 25.9 Å². The molecule has 1 amide bonds. The molecule has 1 atom stereocenters. The normalized spacial score (nSPS) is 20.9. The average molecular weight is 254 g/mol. The van der Waals surface area contributed by atoms with Crippen LogP contribution >= 0.6 is 0 Å². The van der Waals surface area contributed by atoms with E-state index >= 15 is 0 Å². The summed E-state index contributed by atoms with van der Waals surface area (Å²) in [6, 6.07) is 0. The Bertz CT molecular complexity index is 231. The third kappa shape index (κ3) is 5.85. The lowest BCUT2D eigenvalue weighted by Crippen LogP contribution is -2.43. The second-order valence-electron chi connectivity index (χ2n) is 5.49. The van der Waals surface area contributed by atoms with Crippen LogP contribution in [-0.2, 0) is 4.79 Å². The molecule has 3 nitrogen and oxygen atoms in total. The van der Waals surface area contributed by atoms with Gasteiger partial charge in [0, 0.05) is 13.1 Å². The summed E-state index contributed by atoms with van der Waals surface area (Å²) in [5.74, 6) is 0.506. The minimum absolute atomic E-state index is 0.233. The summed E-state index contributed by atoms with van der Waals surface area (Å²) in [5.41, 5.74) is 0. The van der Waals surface area contributed by atoms with Crippen molar-refractivity contribution in [3.05, 3.63) is 0 Å². The van der Waals surface area contributed by atoms with Crippen LogP contribution < -0.4 is 5.32 Å². The maximum Gasteiger partial charge on any atom is 0.224 e. The van der Waals surface area contributed by atoms with E-state index in [2.05, 4.69) is 24.1 Å². The van der Waals surface area contributed by atoms with Gasteiger partial charge < -0.3 is 10.2 Å². The number of unbranched alkanes of at least 4 members (excludes halogenated alkanes) is 3. The number of carbonyl (C=O) groups excluding carboxylic acids is 1. The van der Waals surface area contributed by atoms with Crippen molar-refractivity contribution in [2.45, 2.75) is 58.8 Å². The van der Waals surface area contributed by atoms with Gasteiger partial charge in [0.2, 0.25) is 5.91 Å². The molecule has 0 aliphatic carbocycles. The Balaban J connectivity index is 2.21. The quantitative estimate of drug-likeness (QED) is 0.676. The smallest absolute Gasteiger partial charge is 0.224 e. The van der Waals surface area contributed by atoms with Gasteiger partial charge in [0.1, 0.15) is 0 Å². The third-order valence-corrected chi connectivity index (χ3v) is 3.75. The Morgan fingerprint density at radius 1 is 1.22 bits per heavy atom. The summed E-state index contributed by atoms with van der Waals surface area (Å²) in [5, 5.41) is 3.03. The number of hydrogen-bond acceptors (Lipinski definition) is 2. The van der Waals surface area contributed by atoms with E-state index in [4.69, 9.17) is 0 Å². The molecular formula is C15H30N2O. The minimum atomic E-state index is 0.233. The van der Waals surface area contributed by atoms with Gasteiger partial charge in [-0.05, 0) is 38.8 Å². The number of nitrogens with one attached hydrogen (secondary N) is 1. The molecule has 106 valence electrons. The monoisotopic (exact) mass is 254 g/mol. The van der Waals surface area contributed by atoms with E-state index in [1.807, 2.05) is 0 Å². The van der Waals surface area contributed by atoms with Crippen molar-refractivity contribution in [3.8, 4) is 0 Å². The fourth-order valence-electron chi connectivity index (χ4n) is 2.63. The van der Waals surface area contributed by atoms with Gasteiger partial charge in [0.15, 0.2) is 0 Å². The maximum absolute atomic E-state index is 11.9. The van der Waals surface area contributed by atoms with Gasteiger partial charge in [-0.25, -0.2) is 0 Å².